The average molecular weight is 440 g/mol. The first-order valence-corrected chi connectivity index (χ1v) is 11.9. The van der Waals surface area contributed by atoms with Crippen LogP contribution in [-0.2, 0) is 24.7 Å². The molecular weight excluding hydrogens is 412 g/mol. The first-order valence-electron chi connectivity index (χ1n) is 10.8. The number of piperidine rings is 1. The van der Waals surface area contributed by atoms with Crippen LogP contribution < -0.4 is 15.2 Å². The van der Waals surface area contributed by atoms with Crippen molar-refractivity contribution in [1.29, 1.82) is 0 Å². The lowest BCUT2D eigenvalue weighted by Crippen LogP contribution is -2.36. The van der Waals surface area contributed by atoms with Crippen LogP contribution in [0.4, 0.5) is 5.69 Å². The second kappa shape index (κ2) is 7.93. The number of fused-ring (bicyclic) bond motifs is 1. The summed E-state index contributed by atoms with van der Waals surface area (Å²) in [5, 5.41) is 0.915. The van der Waals surface area contributed by atoms with E-state index in [1.807, 2.05) is 18.5 Å². The summed E-state index contributed by atoms with van der Waals surface area (Å²) in [6.45, 7) is 2.47. The number of hydrogen-bond donors (Lipinski definition) is 2. The Bertz CT molecular complexity index is 1210. The fourth-order valence-corrected chi connectivity index (χ4v) is 5.26. The molecule has 0 amide bonds. The number of aryl methyl sites for hydroxylation is 1. The highest BCUT2D eigenvalue weighted by molar-refractivity contribution is 7.77. The third kappa shape index (κ3) is 3.95. The van der Waals surface area contributed by atoms with Crippen molar-refractivity contribution < 1.29 is 8.76 Å². The molecule has 1 saturated carbocycles. The molecule has 2 fully saturated rings. The van der Waals surface area contributed by atoms with Crippen molar-refractivity contribution in [2.75, 3.05) is 24.5 Å². The van der Waals surface area contributed by atoms with E-state index in [1.54, 1.807) is 11.6 Å². The van der Waals surface area contributed by atoms with E-state index in [0.29, 0.717) is 23.9 Å². The van der Waals surface area contributed by atoms with E-state index in [9.17, 15) is 13.6 Å². The number of H-pyrrole nitrogens is 1. The normalized spacial score (nSPS) is 18.6. The van der Waals surface area contributed by atoms with Crippen molar-refractivity contribution in [3.05, 3.63) is 52.6 Å². The molecule has 164 valence electrons. The number of aromatic nitrogens is 2. The van der Waals surface area contributed by atoms with Gasteiger partial charge < -0.3 is 19.0 Å². The van der Waals surface area contributed by atoms with Crippen LogP contribution in [0.1, 0.15) is 31.2 Å². The Hall–Kier alpha value is -2.42. The maximum absolute atomic E-state index is 12.6. The topological polar surface area (TPSA) is 93.2 Å². The van der Waals surface area contributed by atoms with Crippen molar-refractivity contribution >= 4 is 27.9 Å². The van der Waals surface area contributed by atoms with Crippen LogP contribution in [0, 0.1) is 5.41 Å². The van der Waals surface area contributed by atoms with Crippen LogP contribution in [0.25, 0.3) is 22.0 Å². The SMILES string of the molecule is Cn1cc(-c2cc(CCNS(=O)[O-])ccc2N2CCCC3(CC3)C2)c2cc[nH]c2c1=O. The molecule has 2 aliphatic rings. The minimum absolute atomic E-state index is 0.0431. The lowest BCUT2D eigenvalue weighted by Gasteiger charge is -2.36. The Morgan fingerprint density at radius 2 is 2.06 bits per heavy atom. The summed E-state index contributed by atoms with van der Waals surface area (Å²) in [6.07, 6.45) is 9.49. The lowest BCUT2D eigenvalue weighted by molar-refractivity contribution is 0.395. The maximum atomic E-state index is 12.6. The minimum Gasteiger partial charge on any atom is -0.760 e. The monoisotopic (exact) mass is 439 g/mol. The zero-order valence-electron chi connectivity index (χ0n) is 17.6. The van der Waals surface area contributed by atoms with Crippen molar-refractivity contribution in [3.63, 3.8) is 0 Å². The number of anilines is 1. The van der Waals surface area contributed by atoms with Gasteiger partial charge in [-0.2, -0.15) is 0 Å². The zero-order chi connectivity index (χ0) is 21.6. The van der Waals surface area contributed by atoms with Gasteiger partial charge in [-0.3, -0.25) is 9.00 Å². The molecule has 3 heterocycles. The summed E-state index contributed by atoms with van der Waals surface area (Å²) in [4.78, 5) is 18.2. The van der Waals surface area contributed by atoms with Crippen molar-refractivity contribution in [1.82, 2.24) is 14.3 Å². The van der Waals surface area contributed by atoms with E-state index in [4.69, 9.17) is 0 Å². The predicted molar refractivity (Wildman–Crippen MR) is 123 cm³/mol. The summed E-state index contributed by atoms with van der Waals surface area (Å²) < 4.78 is 25.8. The van der Waals surface area contributed by atoms with Gasteiger partial charge in [0.25, 0.3) is 5.56 Å². The highest BCUT2D eigenvalue weighted by Crippen LogP contribution is 2.53. The lowest BCUT2D eigenvalue weighted by atomic mass is 9.92. The molecule has 7 nitrogen and oxygen atoms in total. The Balaban J connectivity index is 1.61. The summed E-state index contributed by atoms with van der Waals surface area (Å²) in [6, 6.07) is 8.39. The molecule has 2 aromatic heterocycles. The molecule has 0 radical (unpaired) electrons. The fraction of sp³-hybridized carbons (Fsp3) is 0.435. The molecule has 2 N–H and O–H groups in total. The molecule has 1 spiro atoms. The summed E-state index contributed by atoms with van der Waals surface area (Å²) in [5.74, 6) is 0. The van der Waals surface area contributed by atoms with Gasteiger partial charge in [0.2, 0.25) is 0 Å². The van der Waals surface area contributed by atoms with Gasteiger partial charge >= 0.3 is 0 Å². The Morgan fingerprint density at radius 3 is 2.84 bits per heavy atom. The van der Waals surface area contributed by atoms with Crippen molar-refractivity contribution in [2.45, 2.75) is 32.1 Å². The number of rotatable bonds is 6. The number of hydrogen-bond acceptors (Lipinski definition) is 4. The Morgan fingerprint density at radius 1 is 1.23 bits per heavy atom. The van der Waals surface area contributed by atoms with Crippen molar-refractivity contribution in [2.24, 2.45) is 12.5 Å². The average Bonchev–Trinajstić information content (AvgIpc) is 3.30. The molecule has 8 heteroatoms. The summed E-state index contributed by atoms with van der Waals surface area (Å²) in [7, 11) is 1.78. The van der Waals surface area contributed by atoms with E-state index in [2.05, 4.69) is 32.8 Å². The molecule has 1 aliphatic heterocycles. The molecule has 31 heavy (non-hydrogen) atoms. The van der Waals surface area contributed by atoms with Gasteiger partial charge in [-0.15, -0.1) is 0 Å². The van der Waals surface area contributed by atoms with Crippen LogP contribution in [0.15, 0.2) is 41.5 Å². The number of nitrogens with zero attached hydrogens (tertiary/aromatic N) is 2. The molecule has 3 aromatic rings. The van der Waals surface area contributed by atoms with Gasteiger partial charge in [-0.05, 0) is 61.3 Å². The fourth-order valence-electron chi connectivity index (χ4n) is 4.99. The van der Waals surface area contributed by atoms with Gasteiger partial charge in [0.05, 0.1) is 0 Å². The van der Waals surface area contributed by atoms with Gasteiger partial charge in [-0.1, -0.05) is 6.07 Å². The first kappa shape index (κ1) is 20.5. The molecule has 5 rings (SSSR count). The molecule has 1 aliphatic carbocycles. The van der Waals surface area contributed by atoms with Gasteiger partial charge in [0.15, 0.2) is 0 Å². The maximum Gasteiger partial charge on any atom is 0.274 e. The van der Waals surface area contributed by atoms with Gasteiger partial charge in [-0.25, -0.2) is 4.72 Å². The Kier molecular flexibility index (Phi) is 5.24. The third-order valence-electron chi connectivity index (χ3n) is 6.84. The molecule has 1 atom stereocenters. The second-order valence-electron chi connectivity index (χ2n) is 8.98. The number of pyridine rings is 1. The van der Waals surface area contributed by atoms with Crippen LogP contribution in [-0.4, -0.2) is 37.9 Å². The van der Waals surface area contributed by atoms with Crippen LogP contribution in [0.2, 0.25) is 0 Å². The number of aromatic amines is 1. The van der Waals surface area contributed by atoms with E-state index in [0.717, 1.165) is 35.2 Å². The second-order valence-corrected chi connectivity index (χ2v) is 9.74. The predicted octanol–water partition coefficient (Wildman–Crippen LogP) is 2.84. The van der Waals surface area contributed by atoms with E-state index >= 15 is 0 Å². The standard InChI is InChI=1S/C23H28N4O3S/c1-26-14-19(17-6-10-24-21(17)22(26)28)18-13-16(5-11-25-31(29)30)3-4-20(18)27-12-2-7-23(15-27)8-9-23/h3-4,6,10,13-14,24-25H,2,5,7-9,11-12,15H2,1H3,(H,29,30)/p-1. The number of nitrogens with one attached hydrogen (secondary N) is 2. The molecule has 1 aromatic carbocycles. The smallest absolute Gasteiger partial charge is 0.274 e. The molecule has 0 bridgehead atoms. The van der Waals surface area contributed by atoms with Crippen LogP contribution >= 0.6 is 0 Å². The third-order valence-corrected chi connectivity index (χ3v) is 7.28. The highest BCUT2D eigenvalue weighted by atomic mass is 32.2. The van der Waals surface area contributed by atoms with Crippen LogP contribution in [0.5, 0.6) is 0 Å². The summed E-state index contributed by atoms with van der Waals surface area (Å²) in [5.41, 5.74) is 5.42. The van der Waals surface area contributed by atoms with Gasteiger partial charge in [0, 0.05) is 72.5 Å². The molecular formula is C23H27N4O3S-. The van der Waals surface area contributed by atoms with Crippen molar-refractivity contribution in [3.8, 4) is 11.1 Å². The van der Waals surface area contributed by atoms with E-state index in [1.165, 1.54) is 31.4 Å². The first-order chi connectivity index (χ1) is 15.0. The quantitative estimate of drug-likeness (QED) is 0.578. The van der Waals surface area contributed by atoms with E-state index < -0.39 is 11.3 Å². The Labute approximate surface area is 183 Å². The van der Waals surface area contributed by atoms with Crippen LogP contribution in [0.3, 0.4) is 0 Å². The molecule has 1 unspecified atom stereocenters. The number of benzene rings is 1. The minimum atomic E-state index is -2.26. The largest absolute Gasteiger partial charge is 0.760 e. The van der Waals surface area contributed by atoms with E-state index in [-0.39, 0.29) is 5.56 Å². The summed E-state index contributed by atoms with van der Waals surface area (Å²) >= 11 is -2.26. The zero-order valence-corrected chi connectivity index (χ0v) is 18.5. The van der Waals surface area contributed by atoms with Gasteiger partial charge in [0.1, 0.15) is 5.52 Å². The molecule has 1 saturated heterocycles. The highest BCUT2D eigenvalue weighted by Gasteiger charge is 2.45.